The third-order valence-electron chi connectivity index (χ3n) is 4.53. The van der Waals surface area contributed by atoms with Crippen molar-refractivity contribution < 1.29 is 18.7 Å². The van der Waals surface area contributed by atoms with Gasteiger partial charge in [0.1, 0.15) is 23.4 Å². The number of methoxy groups -OCH3 is 2. The number of benzene rings is 2. The van der Waals surface area contributed by atoms with Gasteiger partial charge in [0.05, 0.1) is 19.9 Å². The SMILES string of the molecule is COc1cc(OC)cc(-c2ccc(=O)n(C(C)C(=O)Nc3cc(C)cc(F)c3)n2)c1. The van der Waals surface area contributed by atoms with Crippen LogP contribution in [0.1, 0.15) is 18.5 Å². The summed E-state index contributed by atoms with van der Waals surface area (Å²) in [5, 5.41) is 6.98. The van der Waals surface area contributed by atoms with Crippen molar-refractivity contribution in [2.75, 3.05) is 19.5 Å². The van der Waals surface area contributed by atoms with Crippen LogP contribution in [0.5, 0.6) is 11.5 Å². The Bertz CT molecular complexity index is 1100. The smallest absolute Gasteiger partial charge is 0.267 e. The van der Waals surface area contributed by atoms with Gasteiger partial charge in [0.15, 0.2) is 0 Å². The molecule has 1 aromatic heterocycles. The number of nitrogens with zero attached hydrogens (tertiary/aromatic N) is 2. The van der Waals surface area contributed by atoms with E-state index < -0.39 is 23.3 Å². The van der Waals surface area contributed by atoms with Gasteiger partial charge >= 0.3 is 0 Å². The number of anilines is 1. The molecule has 1 heterocycles. The number of halogens is 1. The molecule has 1 N–H and O–H groups in total. The molecule has 0 aliphatic rings. The number of hydrogen-bond acceptors (Lipinski definition) is 5. The third-order valence-corrected chi connectivity index (χ3v) is 4.53. The van der Waals surface area contributed by atoms with Crippen LogP contribution in [-0.4, -0.2) is 29.9 Å². The summed E-state index contributed by atoms with van der Waals surface area (Å²) in [4.78, 5) is 25.0. The van der Waals surface area contributed by atoms with E-state index in [-0.39, 0.29) is 0 Å². The average Bonchev–Trinajstić information content (AvgIpc) is 2.72. The van der Waals surface area contributed by atoms with E-state index in [9.17, 15) is 14.0 Å². The van der Waals surface area contributed by atoms with Crippen LogP contribution in [-0.2, 0) is 4.79 Å². The molecule has 0 radical (unpaired) electrons. The molecule has 3 rings (SSSR count). The Kier molecular flexibility index (Phi) is 6.15. The minimum atomic E-state index is -0.923. The van der Waals surface area contributed by atoms with Crippen LogP contribution in [0.25, 0.3) is 11.3 Å². The number of rotatable bonds is 6. The summed E-state index contributed by atoms with van der Waals surface area (Å²) in [6, 6.07) is 11.4. The molecule has 0 aliphatic heterocycles. The highest BCUT2D eigenvalue weighted by Crippen LogP contribution is 2.28. The Morgan fingerprint density at radius 2 is 1.73 bits per heavy atom. The van der Waals surface area contributed by atoms with Crippen molar-refractivity contribution in [2.45, 2.75) is 19.9 Å². The number of aryl methyl sites for hydroxylation is 1. The van der Waals surface area contributed by atoms with E-state index in [0.717, 1.165) is 4.68 Å². The molecule has 0 saturated heterocycles. The molecule has 0 bridgehead atoms. The van der Waals surface area contributed by atoms with Gasteiger partial charge in [0.2, 0.25) is 5.91 Å². The predicted molar refractivity (Wildman–Crippen MR) is 112 cm³/mol. The van der Waals surface area contributed by atoms with Gasteiger partial charge < -0.3 is 14.8 Å². The van der Waals surface area contributed by atoms with Crippen LogP contribution < -0.4 is 20.3 Å². The Labute approximate surface area is 173 Å². The molecule has 0 aliphatic carbocycles. The van der Waals surface area contributed by atoms with E-state index in [2.05, 4.69) is 10.4 Å². The van der Waals surface area contributed by atoms with Gasteiger partial charge in [-0.15, -0.1) is 0 Å². The van der Waals surface area contributed by atoms with Crippen molar-refractivity contribution in [2.24, 2.45) is 0 Å². The lowest BCUT2D eigenvalue weighted by molar-refractivity contribution is -0.119. The number of ether oxygens (including phenoxy) is 2. The lowest BCUT2D eigenvalue weighted by Crippen LogP contribution is -2.33. The van der Waals surface area contributed by atoms with Crippen molar-refractivity contribution in [3.63, 3.8) is 0 Å². The highest BCUT2D eigenvalue weighted by molar-refractivity contribution is 5.93. The first kappa shape index (κ1) is 21.0. The molecule has 0 saturated carbocycles. The summed E-state index contributed by atoms with van der Waals surface area (Å²) in [5.41, 5.74) is 1.67. The zero-order valence-corrected chi connectivity index (χ0v) is 17.1. The number of aromatic nitrogens is 2. The molecule has 30 heavy (non-hydrogen) atoms. The standard InChI is InChI=1S/C22H22FN3O4/c1-13-7-16(23)11-17(8-13)24-22(28)14(2)26-21(27)6-5-20(25-26)15-9-18(29-3)12-19(10-15)30-4/h5-12,14H,1-4H3,(H,24,28). The third kappa shape index (κ3) is 4.65. The Morgan fingerprint density at radius 3 is 2.33 bits per heavy atom. The molecule has 1 amide bonds. The Morgan fingerprint density at radius 1 is 1.07 bits per heavy atom. The fourth-order valence-electron chi connectivity index (χ4n) is 2.98. The van der Waals surface area contributed by atoms with E-state index in [4.69, 9.17) is 9.47 Å². The van der Waals surface area contributed by atoms with Crippen LogP contribution in [0.2, 0.25) is 0 Å². The van der Waals surface area contributed by atoms with Crippen molar-refractivity contribution in [3.8, 4) is 22.8 Å². The van der Waals surface area contributed by atoms with Crippen LogP contribution in [0.3, 0.4) is 0 Å². The molecule has 8 heteroatoms. The maximum absolute atomic E-state index is 13.6. The average molecular weight is 411 g/mol. The molecule has 3 aromatic rings. The fourth-order valence-corrected chi connectivity index (χ4v) is 2.98. The molecule has 7 nitrogen and oxygen atoms in total. The van der Waals surface area contributed by atoms with E-state index in [1.165, 1.54) is 32.4 Å². The number of carbonyl (C=O) groups is 1. The summed E-state index contributed by atoms with van der Waals surface area (Å²) < 4.78 is 25.2. The molecule has 0 fully saturated rings. The second-order valence-corrected chi connectivity index (χ2v) is 6.79. The quantitative estimate of drug-likeness (QED) is 0.671. The first-order valence-corrected chi connectivity index (χ1v) is 9.22. The highest BCUT2D eigenvalue weighted by atomic mass is 19.1. The summed E-state index contributed by atoms with van der Waals surface area (Å²) in [6.07, 6.45) is 0. The lowest BCUT2D eigenvalue weighted by atomic mass is 10.1. The second-order valence-electron chi connectivity index (χ2n) is 6.79. The van der Waals surface area contributed by atoms with Gasteiger partial charge in [0, 0.05) is 23.4 Å². The first-order valence-electron chi connectivity index (χ1n) is 9.22. The normalized spacial score (nSPS) is 11.6. The molecular formula is C22H22FN3O4. The molecule has 1 atom stereocenters. The van der Waals surface area contributed by atoms with Crippen molar-refractivity contribution >= 4 is 11.6 Å². The lowest BCUT2D eigenvalue weighted by Gasteiger charge is -2.16. The molecule has 1 unspecified atom stereocenters. The monoisotopic (exact) mass is 411 g/mol. The number of nitrogens with one attached hydrogen (secondary N) is 1. The summed E-state index contributed by atoms with van der Waals surface area (Å²) in [6.45, 7) is 3.27. The van der Waals surface area contributed by atoms with Gasteiger partial charge in [-0.25, -0.2) is 9.07 Å². The zero-order chi connectivity index (χ0) is 21.8. The number of amides is 1. The van der Waals surface area contributed by atoms with Crippen LogP contribution >= 0.6 is 0 Å². The zero-order valence-electron chi connectivity index (χ0n) is 17.1. The van der Waals surface area contributed by atoms with E-state index in [1.54, 1.807) is 44.2 Å². The van der Waals surface area contributed by atoms with Crippen molar-refractivity contribution in [3.05, 3.63) is 70.3 Å². The number of carbonyl (C=O) groups excluding carboxylic acids is 1. The Hall–Kier alpha value is -3.68. The van der Waals surface area contributed by atoms with E-state index in [0.29, 0.717) is 34.0 Å². The summed E-state index contributed by atoms with van der Waals surface area (Å²) in [7, 11) is 3.07. The van der Waals surface area contributed by atoms with Crippen molar-refractivity contribution in [1.82, 2.24) is 9.78 Å². The maximum atomic E-state index is 13.6. The van der Waals surface area contributed by atoms with Gasteiger partial charge in [-0.1, -0.05) is 0 Å². The van der Waals surface area contributed by atoms with Crippen LogP contribution in [0.4, 0.5) is 10.1 Å². The second kappa shape index (κ2) is 8.77. The minimum absolute atomic E-state index is 0.311. The molecule has 156 valence electrons. The number of hydrogen-bond donors (Lipinski definition) is 1. The van der Waals surface area contributed by atoms with Gasteiger partial charge in [0.25, 0.3) is 5.56 Å². The highest BCUT2D eigenvalue weighted by Gasteiger charge is 2.19. The van der Waals surface area contributed by atoms with E-state index in [1.807, 2.05) is 0 Å². The van der Waals surface area contributed by atoms with Crippen LogP contribution in [0.15, 0.2) is 53.3 Å². The first-order chi connectivity index (χ1) is 14.3. The molecule has 0 spiro atoms. The fraction of sp³-hybridized carbons (Fsp3) is 0.227. The predicted octanol–water partition coefficient (Wildman–Crippen LogP) is 3.57. The molecule has 2 aromatic carbocycles. The topological polar surface area (TPSA) is 82.5 Å². The van der Waals surface area contributed by atoms with Crippen molar-refractivity contribution in [1.29, 1.82) is 0 Å². The van der Waals surface area contributed by atoms with Gasteiger partial charge in [-0.2, -0.15) is 5.10 Å². The van der Waals surface area contributed by atoms with E-state index >= 15 is 0 Å². The van der Waals surface area contributed by atoms with Gasteiger partial charge in [-0.3, -0.25) is 9.59 Å². The maximum Gasteiger partial charge on any atom is 0.267 e. The summed E-state index contributed by atoms with van der Waals surface area (Å²) >= 11 is 0. The largest absolute Gasteiger partial charge is 0.497 e. The van der Waals surface area contributed by atoms with Gasteiger partial charge in [-0.05, 0) is 55.8 Å². The summed E-state index contributed by atoms with van der Waals surface area (Å²) in [5.74, 6) is 0.185. The minimum Gasteiger partial charge on any atom is -0.497 e. The van der Waals surface area contributed by atoms with Crippen LogP contribution in [0, 0.1) is 12.7 Å². The Balaban J connectivity index is 1.93. The molecular weight excluding hydrogens is 389 g/mol.